The normalized spacial score (nSPS) is 36.5. The van der Waals surface area contributed by atoms with Gasteiger partial charge in [-0.2, -0.15) is 0 Å². The van der Waals surface area contributed by atoms with E-state index in [1.807, 2.05) is 0 Å². The second-order valence-electron chi connectivity index (χ2n) is 6.48. The molecule has 0 aromatic rings. The summed E-state index contributed by atoms with van der Waals surface area (Å²) in [4.78, 5) is 5.33. The molecule has 2 saturated heterocycles. The van der Waals surface area contributed by atoms with Crippen LogP contribution in [0.15, 0.2) is 0 Å². The first-order chi connectivity index (χ1) is 8.69. The average molecular weight is 253 g/mol. The Morgan fingerprint density at radius 1 is 1.17 bits per heavy atom. The first-order valence-electron chi connectivity index (χ1n) is 7.91. The number of nitrogens with zero attached hydrogens (tertiary/aromatic N) is 2. The van der Waals surface area contributed by atoms with Gasteiger partial charge in [0.05, 0.1) is 0 Å². The number of hydrogen-bond acceptors (Lipinski definition) is 3. The molecule has 0 aromatic carbocycles. The Hall–Kier alpha value is -0.120. The molecule has 3 nitrogen and oxygen atoms in total. The van der Waals surface area contributed by atoms with Crippen LogP contribution >= 0.6 is 0 Å². The Balaban J connectivity index is 1.85. The average Bonchev–Trinajstić information content (AvgIpc) is 2.54. The van der Waals surface area contributed by atoms with E-state index in [2.05, 4.69) is 23.6 Å². The van der Waals surface area contributed by atoms with Crippen molar-refractivity contribution in [2.75, 3.05) is 32.7 Å². The van der Waals surface area contributed by atoms with Crippen LogP contribution in [0.3, 0.4) is 0 Å². The maximum atomic E-state index is 6.18. The van der Waals surface area contributed by atoms with Crippen molar-refractivity contribution in [3.05, 3.63) is 0 Å². The van der Waals surface area contributed by atoms with Crippen LogP contribution in [-0.4, -0.2) is 54.6 Å². The van der Waals surface area contributed by atoms with Crippen LogP contribution in [0.2, 0.25) is 0 Å². The molecular formula is C15H31N3. The smallest absolute Gasteiger partial charge is 0.0170 e. The highest BCUT2D eigenvalue weighted by Crippen LogP contribution is 2.23. The van der Waals surface area contributed by atoms with Gasteiger partial charge in [0.2, 0.25) is 0 Å². The zero-order valence-electron chi connectivity index (χ0n) is 12.3. The van der Waals surface area contributed by atoms with Gasteiger partial charge in [0.1, 0.15) is 0 Å². The molecule has 0 bridgehead atoms. The minimum Gasteiger partial charge on any atom is -0.327 e. The van der Waals surface area contributed by atoms with Gasteiger partial charge in [-0.15, -0.1) is 0 Å². The van der Waals surface area contributed by atoms with Gasteiger partial charge in [0, 0.05) is 25.2 Å². The van der Waals surface area contributed by atoms with Gasteiger partial charge in [-0.25, -0.2) is 0 Å². The van der Waals surface area contributed by atoms with Crippen molar-refractivity contribution >= 4 is 0 Å². The summed E-state index contributed by atoms with van der Waals surface area (Å²) in [5.41, 5.74) is 6.18. The van der Waals surface area contributed by atoms with Crippen molar-refractivity contribution in [1.29, 1.82) is 0 Å². The lowest BCUT2D eigenvalue weighted by Gasteiger charge is -2.39. The second-order valence-corrected chi connectivity index (χ2v) is 6.48. The molecule has 0 amide bonds. The summed E-state index contributed by atoms with van der Waals surface area (Å²) in [5, 5.41) is 0. The molecule has 3 atom stereocenters. The Bertz CT molecular complexity index is 234. The van der Waals surface area contributed by atoms with Crippen molar-refractivity contribution in [1.82, 2.24) is 9.80 Å². The van der Waals surface area contributed by atoms with Crippen molar-refractivity contribution in [2.24, 2.45) is 11.7 Å². The van der Waals surface area contributed by atoms with Gasteiger partial charge in [0.15, 0.2) is 0 Å². The molecule has 0 spiro atoms. The van der Waals surface area contributed by atoms with Crippen LogP contribution in [-0.2, 0) is 0 Å². The summed E-state index contributed by atoms with van der Waals surface area (Å²) < 4.78 is 0. The number of hydrogen-bond donors (Lipinski definition) is 1. The molecule has 3 unspecified atom stereocenters. The van der Waals surface area contributed by atoms with E-state index in [-0.39, 0.29) is 0 Å². The molecule has 3 heteroatoms. The van der Waals surface area contributed by atoms with Crippen LogP contribution in [0.25, 0.3) is 0 Å². The molecule has 2 heterocycles. The van der Waals surface area contributed by atoms with E-state index in [0.29, 0.717) is 6.04 Å². The summed E-state index contributed by atoms with van der Waals surface area (Å²) in [6, 6.07) is 1.20. The van der Waals surface area contributed by atoms with Gasteiger partial charge in [0.25, 0.3) is 0 Å². The fourth-order valence-corrected chi connectivity index (χ4v) is 3.78. The van der Waals surface area contributed by atoms with Crippen molar-refractivity contribution in [3.8, 4) is 0 Å². The summed E-state index contributed by atoms with van der Waals surface area (Å²) in [6.45, 7) is 10.9. The predicted octanol–water partition coefficient (Wildman–Crippen LogP) is 1.92. The van der Waals surface area contributed by atoms with Crippen LogP contribution in [0.1, 0.15) is 46.0 Å². The third-order valence-corrected chi connectivity index (χ3v) is 4.57. The summed E-state index contributed by atoms with van der Waals surface area (Å²) in [5.74, 6) is 0.781. The Morgan fingerprint density at radius 3 is 2.72 bits per heavy atom. The van der Waals surface area contributed by atoms with Crippen LogP contribution < -0.4 is 5.73 Å². The molecule has 2 rings (SSSR count). The zero-order valence-corrected chi connectivity index (χ0v) is 12.3. The number of rotatable bonds is 3. The molecule has 106 valence electrons. The van der Waals surface area contributed by atoms with E-state index in [0.717, 1.165) is 18.5 Å². The molecule has 2 aliphatic rings. The molecule has 2 N–H and O–H groups in total. The van der Waals surface area contributed by atoms with Gasteiger partial charge in [-0.3, -0.25) is 4.90 Å². The monoisotopic (exact) mass is 253 g/mol. The lowest BCUT2D eigenvalue weighted by molar-refractivity contribution is 0.105. The lowest BCUT2D eigenvalue weighted by atomic mass is 9.93. The van der Waals surface area contributed by atoms with Crippen LogP contribution in [0.5, 0.6) is 0 Å². The Labute approximate surface area is 113 Å². The second kappa shape index (κ2) is 6.88. The maximum absolute atomic E-state index is 6.18. The standard InChI is InChI=1S/C15H31N3/c1-3-7-17-8-4-5-15(6-9-17)18-11-13(2)10-14(16)12-18/h13-15H,3-12,16H2,1-2H3. The quantitative estimate of drug-likeness (QED) is 0.834. The highest BCUT2D eigenvalue weighted by Gasteiger charge is 2.28. The predicted molar refractivity (Wildman–Crippen MR) is 77.7 cm³/mol. The molecular weight excluding hydrogens is 222 g/mol. The first kappa shape index (κ1) is 14.3. The molecule has 2 fully saturated rings. The van der Waals surface area contributed by atoms with E-state index in [1.54, 1.807) is 0 Å². The fourth-order valence-electron chi connectivity index (χ4n) is 3.78. The molecule has 0 aliphatic carbocycles. The van der Waals surface area contributed by atoms with Crippen LogP contribution in [0.4, 0.5) is 0 Å². The highest BCUT2D eigenvalue weighted by molar-refractivity contribution is 4.85. The number of piperidine rings is 1. The molecule has 2 aliphatic heterocycles. The third kappa shape index (κ3) is 3.94. The minimum atomic E-state index is 0.406. The Morgan fingerprint density at radius 2 is 2.00 bits per heavy atom. The van der Waals surface area contributed by atoms with Gasteiger partial charge in [-0.1, -0.05) is 13.8 Å². The molecule has 0 saturated carbocycles. The first-order valence-corrected chi connectivity index (χ1v) is 7.91. The summed E-state index contributed by atoms with van der Waals surface area (Å²) in [6.07, 6.45) is 6.59. The summed E-state index contributed by atoms with van der Waals surface area (Å²) >= 11 is 0. The largest absolute Gasteiger partial charge is 0.327 e. The van der Waals surface area contributed by atoms with Crippen LogP contribution in [0, 0.1) is 5.92 Å². The number of nitrogens with two attached hydrogens (primary N) is 1. The topological polar surface area (TPSA) is 32.5 Å². The van der Waals surface area contributed by atoms with Crippen molar-refractivity contribution in [3.63, 3.8) is 0 Å². The van der Waals surface area contributed by atoms with E-state index >= 15 is 0 Å². The molecule has 18 heavy (non-hydrogen) atoms. The van der Waals surface area contributed by atoms with Gasteiger partial charge >= 0.3 is 0 Å². The van der Waals surface area contributed by atoms with Gasteiger partial charge < -0.3 is 10.6 Å². The zero-order chi connectivity index (χ0) is 13.0. The minimum absolute atomic E-state index is 0.406. The van der Waals surface area contributed by atoms with E-state index in [9.17, 15) is 0 Å². The third-order valence-electron chi connectivity index (χ3n) is 4.57. The van der Waals surface area contributed by atoms with Crippen molar-refractivity contribution in [2.45, 2.75) is 58.0 Å². The fraction of sp³-hybridized carbons (Fsp3) is 1.00. The summed E-state index contributed by atoms with van der Waals surface area (Å²) in [7, 11) is 0. The van der Waals surface area contributed by atoms with Gasteiger partial charge in [-0.05, 0) is 57.7 Å². The van der Waals surface area contributed by atoms with Crippen molar-refractivity contribution < 1.29 is 0 Å². The molecule has 0 aromatic heterocycles. The Kier molecular flexibility index (Phi) is 5.46. The van der Waals surface area contributed by atoms with E-state index < -0.39 is 0 Å². The highest BCUT2D eigenvalue weighted by atomic mass is 15.2. The lowest BCUT2D eigenvalue weighted by Crippen LogP contribution is -2.50. The maximum Gasteiger partial charge on any atom is 0.0170 e. The number of likely N-dealkylation sites (tertiary alicyclic amines) is 2. The SMILES string of the molecule is CCCN1CCCC(N2CC(C)CC(N)C2)CC1. The van der Waals surface area contributed by atoms with E-state index in [1.165, 1.54) is 58.3 Å². The van der Waals surface area contributed by atoms with E-state index in [4.69, 9.17) is 5.73 Å². The molecule has 0 radical (unpaired) electrons.